The summed E-state index contributed by atoms with van der Waals surface area (Å²) in [7, 11) is 2.15. The number of aromatic nitrogens is 1. The highest BCUT2D eigenvalue weighted by Gasteiger charge is 2.36. The van der Waals surface area contributed by atoms with E-state index >= 15 is 0 Å². The van der Waals surface area contributed by atoms with E-state index < -0.39 is 0 Å². The van der Waals surface area contributed by atoms with Gasteiger partial charge in [0.2, 0.25) is 5.91 Å². The molecule has 3 aliphatic rings. The van der Waals surface area contributed by atoms with E-state index in [1.54, 1.807) is 0 Å². The molecule has 0 spiro atoms. The van der Waals surface area contributed by atoms with Gasteiger partial charge in [-0.25, -0.2) is 0 Å². The van der Waals surface area contributed by atoms with E-state index in [9.17, 15) is 4.79 Å². The Kier molecular flexibility index (Phi) is 6.56. The number of carbonyl (C=O) groups excluding carboxylic acids is 1. The molecule has 0 bridgehead atoms. The maximum absolute atomic E-state index is 12.9. The van der Waals surface area contributed by atoms with Gasteiger partial charge < -0.3 is 19.4 Å². The number of likely N-dealkylation sites (N-methyl/N-ethyl adjacent to an activating group) is 1. The topological polar surface area (TPSA) is 57.8 Å². The number of rotatable bonds is 3. The third kappa shape index (κ3) is 4.04. The molecule has 1 N–H and O–H groups in total. The van der Waals surface area contributed by atoms with Gasteiger partial charge in [0.15, 0.2) is 0 Å². The molecule has 2 aliphatic heterocycles. The zero-order valence-corrected chi connectivity index (χ0v) is 18.3. The number of hydrogen-bond acceptors (Lipinski definition) is 4. The molecule has 30 heavy (non-hydrogen) atoms. The second kappa shape index (κ2) is 9.33. The fraction of sp³-hybridized carbons (Fsp3) is 0.542. The summed E-state index contributed by atoms with van der Waals surface area (Å²) < 4.78 is 9.89. The first-order valence-electron chi connectivity index (χ1n) is 11.1. The summed E-state index contributed by atoms with van der Waals surface area (Å²) in [6, 6.07) is 6.82. The van der Waals surface area contributed by atoms with Gasteiger partial charge in [0.1, 0.15) is 0 Å². The van der Waals surface area contributed by atoms with Crippen molar-refractivity contribution in [2.75, 3.05) is 53.1 Å². The van der Waals surface area contributed by atoms with E-state index in [-0.39, 0.29) is 11.8 Å². The number of ether oxygens (including phenoxy) is 2. The second-order valence-electron chi connectivity index (χ2n) is 8.17. The average molecular weight is 412 g/mol. The van der Waals surface area contributed by atoms with Gasteiger partial charge in [-0.05, 0) is 50.1 Å². The van der Waals surface area contributed by atoms with Crippen LogP contribution in [0.1, 0.15) is 25.0 Å². The molecule has 0 unspecified atom stereocenters. The number of H-pyrrole nitrogens is 1. The van der Waals surface area contributed by atoms with Gasteiger partial charge in [-0.2, -0.15) is 0 Å². The summed E-state index contributed by atoms with van der Waals surface area (Å²) in [5.74, 6) is 0.210. The van der Waals surface area contributed by atoms with Crippen LogP contribution in [-0.2, 0) is 20.7 Å². The minimum absolute atomic E-state index is 0.0445. The summed E-state index contributed by atoms with van der Waals surface area (Å²) in [5.41, 5.74) is 5.21. The van der Waals surface area contributed by atoms with E-state index in [4.69, 9.17) is 9.47 Å². The number of benzene rings is 1. The molecule has 1 fully saturated rings. The Morgan fingerprint density at radius 2 is 1.87 bits per heavy atom. The third-order valence-electron chi connectivity index (χ3n) is 6.40. The number of fused-ring (bicyclic) bond motifs is 2. The highest BCUT2D eigenvalue weighted by Crippen LogP contribution is 2.40. The lowest BCUT2D eigenvalue weighted by Crippen LogP contribution is -2.47. The molecule has 1 saturated heterocycles. The lowest BCUT2D eigenvalue weighted by Gasteiger charge is -2.40. The van der Waals surface area contributed by atoms with Gasteiger partial charge in [0, 0.05) is 42.8 Å². The number of aromatic amines is 1. The Balaban J connectivity index is 0.000000313. The molecular formula is C24H33N3O3. The molecule has 2 atom stereocenters. The standard InChI is InChI=1S/C20H25N3O.C4H8O2/c1-4-23(5-2)20(24)14-9-16-15-7-6-8-17-19(15)13(11-21-17)10-18(16)22(3)12-14;1-2-6-4-3-5-1/h6-9,11,14,18,21H,4-5,10,12H2,1-3H3;1-4H2/t14-,18-;/m1./s1. The van der Waals surface area contributed by atoms with Crippen LogP contribution in [-0.4, -0.2) is 79.8 Å². The summed E-state index contributed by atoms with van der Waals surface area (Å²) in [5, 5.41) is 1.34. The summed E-state index contributed by atoms with van der Waals surface area (Å²) in [4.78, 5) is 20.6. The SMILES string of the molecule is C1COCCO1.CCN(CC)C(=O)[C@@H]1C=C2c3cccc4[nH]cc(c34)C[C@H]2N(C)C1. The van der Waals surface area contributed by atoms with Crippen molar-refractivity contribution in [1.82, 2.24) is 14.8 Å². The largest absolute Gasteiger partial charge is 0.377 e. The molecule has 6 nitrogen and oxygen atoms in total. The van der Waals surface area contributed by atoms with Crippen molar-refractivity contribution < 1.29 is 14.3 Å². The minimum Gasteiger partial charge on any atom is -0.377 e. The van der Waals surface area contributed by atoms with Crippen LogP contribution in [0.3, 0.4) is 0 Å². The van der Waals surface area contributed by atoms with Gasteiger partial charge in [0.05, 0.1) is 32.3 Å². The summed E-state index contributed by atoms with van der Waals surface area (Å²) >= 11 is 0. The molecule has 0 radical (unpaired) electrons. The van der Waals surface area contributed by atoms with Crippen LogP contribution in [0.4, 0.5) is 0 Å². The summed E-state index contributed by atoms with van der Waals surface area (Å²) in [6.45, 7) is 9.58. The van der Waals surface area contributed by atoms with Crippen LogP contribution in [0.5, 0.6) is 0 Å². The van der Waals surface area contributed by atoms with Crippen LogP contribution < -0.4 is 0 Å². The van der Waals surface area contributed by atoms with Crippen LogP contribution in [0, 0.1) is 5.92 Å². The van der Waals surface area contributed by atoms with Crippen LogP contribution in [0.2, 0.25) is 0 Å². The zero-order valence-electron chi connectivity index (χ0n) is 18.3. The first-order valence-corrected chi connectivity index (χ1v) is 11.1. The number of nitrogens with one attached hydrogen (secondary N) is 1. The molecule has 5 rings (SSSR count). The highest BCUT2D eigenvalue weighted by molar-refractivity contribution is 5.99. The molecule has 1 amide bonds. The summed E-state index contributed by atoms with van der Waals surface area (Å²) in [6.07, 6.45) is 5.41. The first-order chi connectivity index (χ1) is 14.6. The van der Waals surface area contributed by atoms with Crippen molar-refractivity contribution >= 4 is 22.4 Å². The molecule has 2 aromatic rings. The maximum Gasteiger partial charge on any atom is 0.230 e. The van der Waals surface area contributed by atoms with Gasteiger partial charge in [-0.15, -0.1) is 0 Å². The van der Waals surface area contributed by atoms with Crippen LogP contribution in [0.15, 0.2) is 30.5 Å². The van der Waals surface area contributed by atoms with Gasteiger partial charge >= 0.3 is 0 Å². The molecule has 0 saturated carbocycles. The van der Waals surface area contributed by atoms with E-state index in [1.807, 2.05) is 4.90 Å². The Morgan fingerprint density at radius 1 is 1.17 bits per heavy atom. The number of carbonyl (C=O) groups is 1. The van der Waals surface area contributed by atoms with Crippen molar-refractivity contribution in [3.8, 4) is 0 Å². The Labute approximate surface area is 178 Å². The predicted molar refractivity (Wildman–Crippen MR) is 119 cm³/mol. The Hall–Kier alpha value is -2.15. The first kappa shape index (κ1) is 21.1. The minimum atomic E-state index is -0.0445. The molecule has 1 aromatic heterocycles. The van der Waals surface area contributed by atoms with Crippen LogP contribution in [0.25, 0.3) is 16.5 Å². The second-order valence-corrected chi connectivity index (χ2v) is 8.17. The molecule has 162 valence electrons. The van der Waals surface area contributed by atoms with E-state index in [0.29, 0.717) is 6.04 Å². The highest BCUT2D eigenvalue weighted by atomic mass is 16.6. The van der Waals surface area contributed by atoms with Crippen molar-refractivity contribution in [3.05, 3.63) is 41.6 Å². The van der Waals surface area contributed by atoms with E-state index in [2.05, 4.69) is 61.3 Å². The van der Waals surface area contributed by atoms with Crippen LogP contribution >= 0.6 is 0 Å². The molecular weight excluding hydrogens is 378 g/mol. The van der Waals surface area contributed by atoms with Gasteiger partial charge in [-0.1, -0.05) is 18.2 Å². The monoisotopic (exact) mass is 411 g/mol. The molecule has 6 heteroatoms. The Bertz CT molecular complexity index is 900. The smallest absolute Gasteiger partial charge is 0.230 e. The van der Waals surface area contributed by atoms with Crippen molar-refractivity contribution in [2.24, 2.45) is 5.92 Å². The van der Waals surface area contributed by atoms with E-state index in [0.717, 1.165) is 52.5 Å². The van der Waals surface area contributed by atoms with Gasteiger partial charge in [-0.3, -0.25) is 9.69 Å². The number of nitrogens with zero attached hydrogens (tertiary/aromatic N) is 2. The molecule has 3 heterocycles. The number of hydrogen-bond donors (Lipinski definition) is 1. The number of amides is 1. The predicted octanol–water partition coefficient (Wildman–Crippen LogP) is 2.94. The lowest BCUT2D eigenvalue weighted by molar-refractivity contribution is -0.134. The molecule has 1 aliphatic carbocycles. The molecule has 1 aromatic carbocycles. The van der Waals surface area contributed by atoms with E-state index in [1.165, 1.54) is 27.6 Å². The Morgan fingerprint density at radius 3 is 2.50 bits per heavy atom. The van der Waals surface area contributed by atoms with Crippen molar-refractivity contribution in [1.29, 1.82) is 0 Å². The van der Waals surface area contributed by atoms with Crippen molar-refractivity contribution in [2.45, 2.75) is 26.3 Å². The fourth-order valence-electron chi connectivity index (χ4n) is 4.81. The zero-order chi connectivity index (χ0) is 21.1. The third-order valence-corrected chi connectivity index (χ3v) is 6.40. The normalized spacial score (nSPS) is 23.2. The quantitative estimate of drug-likeness (QED) is 0.844. The maximum atomic E-state index is 12.9. The van der Waals surface area contributed by atoms with Gasteiger partial charge in [0.25, 0.3) is 0 Å². The van der Waals surface area contributed by atoms with Crippen molar-refractivity contribution in [3.63, 3.8) is 0 Å². The average Bonchev–Trinajstić information content (AvgIpc) is 3.21. The fourth-order valence-corrected chi connectivity index (χ4v) is 4.81. The lowest BCUT2D eigenvalue weighted by atomic mass is 9.79.